The van der Waals surface area contributed by atoms with E-state index in [4.69, 9.17) is 4.74 Å². The van der Waals surface area contributed by atoms with Crippen LogP contribution >= 0.6 is 0 Å². The van der Waals surface area contributed by atoms with Crippen LogP contribution in [0.1, 0.15) is 20.8 Å². The summed E-state index contributed by atoms with van der Waals surface area (Å²) in [5, 5.41) is 4.28. The highest BCUT2D eigenvalue weighted by Crippen LogP contribution is 2.18. The molecule has 2 rings (SSSR count). The zero-order valence-electron chi connectivity index (χ0n) is 10.6. The highest BCUT2D eigenvalue weighted by Gasteiger charge is 2.11. The SMILES string of the molecule is CC(C)(C)COc1cnn(-c2ccccc2)c1. The number of nitrogens with zero attached hydrogens (tertiary/aromatic N) is 2. The minimum absolute atomic E-state index is 0.162. The molecule has 0 spiro atoms. The van der Waals surface area contributed by atoms with Gasteiger partial charge in [-0.3, -0.25) is 0 Å². The Bertz CT molecular complexity index is 468. The molecule has 0 radical (unpaired) electrons. The van der Waals surface area contributed by atoms with Gasteiger partial charge in [-0.2, -0.15) is 5.10 Å². The lowest BCUT2D eigenvalue weighted by molar-refractivity contribution is 0.198. The highest BCUT2D eigenvalue weighted by atomic mass is 16.5. The van der Waals surface area contributed by atoms with Crippen LogP contribution in [0.5, 0.6) is 5.75 Å². The van der Waals surface area contributed by atoms with Crippen LogP contribution in [0.15, 0.2) is 42.7 Å². The van der Waals surface area contributed by atoms with Crippen LogP contribution in [0.2, 0.25) is 0 Å². The third-order valence-corrected chi connectivity index (χ3v) is 2.25. The molecular formula is C14H18N2O. The summed E-state index contributed by atoms with van der Waals surface area (Å²) in [5.41, 5.74) is 1.20. The molecule has 0 amide bonds. The minimum atomic E-state index is 0.162. The average molecular weight is 230 g/mol. The zero-order valence-corrected chi connectivity index (χ0v) is 10.6. The monoisotopic (exact) mass is 230 g/mol. The zero-order chi connectivity index (χ0) is 12.3. The van der Waals surface area contributed by atoms with Gasteiger partial charge < -0.3 is 4.74 Å². The summed E-state index contributed by atoms with van der Waals surface area (Å²) in [5.74, 6) is 0.809. The molecule has 0 aliphatic rings. The molecule has 0 fully saturated rings. The fraction of sp³-hybridized carbons (Fsp3) is 0.357. The van der Waals surface area contributed by atoms with Gasteiger partial charge in [-0.25, -0.2) is 4.68 Å². The van der Waals surface area contributed by atoms with Crippen LogP contribution in [0.25, 0.3) is 5.69 Å². The van der Waals surface area contributed by atoms with E-state index in [1.165, 1.54) is 0 Å². The highest BCUT2D eigenvalue weighted by molar-refractivity contribution is 5.32. The molecule has 90 valence electrons. The molecule has 17 heavy (non-hydrogen) atoms. The second-order valence-corrected chi connectivity index (χ2v) is 5.31. The fourth-order valence-electron chi connectivity index (χ4n) is 1.40. The summed E-state index contributed by atoms with van der Waals surface area (Å²) in [7, 11) is 0. The molecule has 3 heteroatoms. The summed E-state index contributed by atoms with van der Waals surface area (Å²) in [6.07, 6.45) is 3.65. The smallest absolute Gasteiger partial charge is 0.157 e. The van der Waals surface area contributed by atoms with Crippen LogP contribution in [0.4, 0.5) is 0 Å². The Morgan fingerprint density at radius 3 is 2.53 bits per heavy atom. The van der Waals surface area contributed by atoms with E-state index >= 15 is 0 Å². The summed E-state index contributed by atoms with van der Waals surface area (Å²) in [6.45, 7) is 7.13. The molecule has 1 aromatic heterocycles. The topological polar surface area (TPSA) is 27.1 Å². The Kier molecular flexibility index (Phi) is 3.18. The summed E-state index contributed by atoms with van der Waals surface area (Å²) in [4.78, 5) is 0. The lowest BCUT2D eigenvalue weighted by Crippen LogP contribution is -2.16. The largest absolute Gasteiger partial charge is 0.490 e. The molecule has 0 saturated heterocycles. The number of aromatic nitrogens is 2. The maximum absolute atomic E-state index is 5.69. The second-order valence-electron chi connectivity index (χ2n) is 5.31. The van der Waals surface area contributed by atoms with E-state index in [0.717, 1.165) is 11.4 Å². The quantitative estimate of drug-likeness (QED) is 0.809. The van der Waals surface area contributed by atoms with Crippen molar-refractivity contribution in [3.8, 4) is 11.4 Å². The molecule has 1 aromatic carbocycles. The van der Waals surface area contributed by atoms with Gasteiger partial charge in [0.2, 0.25) is 0 Å². The predicted octanol–water partition coefficient (Wildman–Crippen LogP) is 3.30. The fourth-order valence-corrected chi connectivity index (χ4v) is 1.40. The molecule has 0 saturated carbocycles. The van der Waals surface area contributed by atoms with Crippen molar-refractivity contribution < 1.29 is 4.74 Å². The minimum Gasteiger partial charge on any atom is -0.490 e. The van der Waals surface area contributed by atoms with Crippen LogP contribution in [-0.4, -0.2) is 16.4 Å². The molecule has 1 heterocycles. The van der Waals surface area contributed by atoms with Gasteiger partial charge in [-0.15, -0.1) is 0 Å². The van der Waals surface area contributed by atoms with Crippen molar-refractivity contribution in [3.63, 3.8) is 0 Å². The summed E-state index contributed by atoms with van der Waals surface area (Å²) < 4.78 is 7.51. The lowest BCUT2D eigenvalue weighted by Gasteiger charge is -2.17. The van der Waals surface area contributed by atoms with Gasteiger partial charge in [0.15, 0.2) is 5.75 Å². The normalized spacial score (nSPS) is 11.5. The summed E-state index contributed by atoms with van der Waals surface area (Å²) in [6, 6.07) is 10.0. The van der Waals surface area contributed by atoms with E-state index in [1.807, 2.05) is 41.2 Å². The molecule has 0 aliphatic carbocycles. The average Bonchev–Trinajstić information content (AvgIpc) is 2.75. The molecule has 0 bridgehead atoms. The number of hydrogen-bond acceptors (Lipinski definition) is 2. The van der Waals surface area contributed by atoms with Gasteiger partial charge in [0.1, 0.15) is 0 Å². The number of para-hydroxylation sites is 1. The summed E-state index contributed by atoms with van der Waals surface area (Å²) >= 11 is 0. The molecule has 0 atom stereocenters. The molecule has 0 N–H and O–H groups in total. The Labute approximate surface area is 102 Å². The van der Waals surface area contributed by atoms with Crippen molar-refractivity contribution in [1.82, 2.24) is 9.78 Å². The molecule has 0 aliphatic heterocycles. The van der Waals surface area contributed by atoms with E-state index in [2.05, 4.69) is 25.9 Å². The molecule has 0 unspecified atom stereocenters. The Morgan fingerprint density at radius 2 is 1.88 bits per heavy atom. The first-order valence-corrected chi connectivity index (χ1v) is 5.77. The van der Waals surface area contributed by atoms with E-state index in [-0.39, 0.29) is 5.41 Å². The van der Waals surface area contributed by atoms with E-state index in [1.54, 1.807) is 6.20 Å². The van der Waals surface area contributed by atoms with E-state index < -0.39 is 0 Å². The van der Waals surface area contributed by atoms with E-state index in [0.29, 0.717) is 6.61 Å². The molecule has 2 aromatic rings. The van der Waals surface area contributed by atoms with Crippen LogP contribution in [0.3, 0.4) is 0 Å². The maximum atomic E-state index is 5.69. The third kappa shape index (κ3) is 3.34. The van der Waals surface area contributed by atoms with Gasteiger partial charge in [0.05, 0.1) is 24.7 Å². The molecule has 3 nitrogen and oxygen atoms in total. The van der Waals surface area contributed by atoms with Crippen molar-refractivity contribution in [2.24, 2.45) is 5.41 Å². The van der Waals surface area contributed by atoms with Crippen molar-refractivity contribution in [2.45, 2.75) is 20.8 Å². The first-order chi connectivity index (χ1) is 8.04. The standard InChI is InChI=1S/C14H18N2O/c1-14(2,3)11-17-13-9-15-16(10-13)12-7-5-4-6-8-12/h4-10H,11H2,1-3H3. The van der Waals surface area contributed by atoms with Crippen molar-refractivity contribution in [1.29, 1.82) is 0 Å². The first kappa shape index (κ1) is 11.7. The van der Waals surface area contributed by atoms with Gasteiger partial charge in [0.25, 0.3) is 0 Å². The number of rotatable bonds is 3. The lowest BCUT2D eigenvalue weighted by atomic mass is 9.99. The van der Waals surface area contributed by atoms with Gasteiger partial charge in [-0.1, -0.05) is 39.0 Å². The first-order valence-electron chi connectivity index (χ1n) is 5.77. The van der Waals surface area contributed by atoms with Crippen LogP contribution < -0.4 is 4.74 Å². The predicted molar refractivity (Wildman–Crippen MR) is 68.5 cm³/mol. The Morgan fingerprint density at radius 1 is 1.18 bits per heavy atom. The maximum Gasteiger partial charge on any atom is 0.157 e. The van der Waals surface area contributed by atoms with Gasteiger partial charge in [0, 0.05) is 0 Å². The Hall–Kier alpha value is -1.77. The molecular weight excluding hydrogens is 212 g/mol. The van der Waals surface area contributed by atoms with Crippen molar-refractivity contribution in [2.75, 3.05) is 6.61 Å². The Balaban J connectivity index is 2.07. The van der Waals surface area contributed by atoms with Gasteiger partial charge >= 0.3 is 0 Å². The number of ether oxygens (including phenoxy) is 1. The van der Waals surface area contributed by atoms with Crippen LogP contribution in [-0.2, 0) is 0 Å². The van der Waals surface area contributed by atoms with E-state index in [9.17, 15) is 0 Å². The number of benzene rings is 1. The van der Waals surface area contributed by atoms with Gasteiger partial charge in [-0.05, 0) is 17.5 Å². The van der Waals surface area contributed by atoms with Crippen molar-refractivity contribution in [3.05, 3.63) is 42.7 Å². The van der Waals surface area contributed by atoms with Crippen molar-refractivity contribution >= 4 is 0 Å². The number of hydrogen-bond donors (Lipinski definition) is 0. The second kappa shape index (κ2) is 4.62. The third-order valence-electron chi connectivity index (χ3n) is 2.25. The van der Waals surface area contributed by atoms with Crippen LogP contribution in [0, 0.1) is 5.41 Å².